The van der Waals surface area contributed by atoms with Crippen LogP contribution in [0, 0.1) is 0 Å². The molecule has 0 unspecified atom stereocenters. The van der Waals surface area contributed by atoms with E-state index in [9.17, 15) is 24.0 Å². The number of carbonyl (C=O) groups excluding carboxylic acids is 5. The van der Waals surface area contributed by atoms with Gasteiger partial charge in [0.15, 0.2) is 0 Å². The molecule has 1 aliphatic rings. The van der Waals surface area contributed by atoms with Crippen molar-refractivity contribution in [2.75, 3.05) is 44.4 Å². The molecular formula is C41H58N8O7. The first kappa shape index (κ1) is 43.7. The SMILES string of the molecule is CCC(=O)CCCn1nnc2c1-c1ccccc1N(C(=O)CCC(=O)NCCCC[C@H](NC(=O)CCOCCOCCNC(C)C)C(N)=O)Cc1ccccc1-2. The summed E-state index contributed by atoms with van der Waals surface area (Å²) in [5.74, 6) is -1.23. The minimum Gasteiger partial charge on any atom is -0.379 e. The Morgan fingerprint density at radius 1 is 0.821 bits per heavy atom. The average molecular weight is 775 g/mol. The quantitative estimate of drug-likeness (QED) is 0.0922. The van der Waals surface area contributed by atoms with E-state index in [1.54, 1.807) is 4.90 Å². The van der Waals surface area contributed by atoms with Gasteiger partial charge >= 0.3 is 0 Å². The summed E-state index contributed by atoms with van der Waals surface area (Å²) >= 11 is 0. The summed E-state index contributed by atoms with van der Waals surface area (Å²) in [5, 5.41) is 17.8. The maximum atomic E-state index is 13.9. The van der Waals surface area contributed by atoms with Crippen molar-refractivity contribution in [3.8, 4) is 22.5 Å². The number of primary amides is 1. The number of rotatable bonds is 25. The van der Waals surface area contributed by atoms with E-state index in [0.717, 1.165) is 34.6 Å². The van der Waals surface area contributed by atoms with Crippen molar-refractivity contribution in [2.45, 2.75) is 104 Å². The number of benzene rings is 2. The lowest BCUT2D eigenvalue weighted by Crippen LogP contribution is -2.44. The number of amides is 4. The Balaban J connectivity index is 1.23. The second kappa shape index (κ2) is 23.2. The average Bonchev–Trinajstić information content (AvgIpc) is 3.59. The van der Waals surface area contributed by atoms with Crippen LogP contribution in [0.25, 0.3) is 22.5 Å². The molecule has 2 heterocycles. The molecule has 4 rings (SSSR count). The van der Waals surface area contributed by atoms with Crippen LogP contribution in [0.5, 0.6) is 0 Å². The molecule has 2 aromatic carbocycles. The number of para-hydroxylation sites is 1. The second-order valence-corrected chi connectivity index (χ2v) is 14.1. The molecule has 0 bridgehead atoms. The molecule has 56 heavy (non-hydrogen) atoms. The highest BCUT2D eigenvalue weighted by atomic mass is 16.5. The van der Waals surface area contributed by atoms with Gasteiger partial charge in [0, 0.05) is 68.9 Å². The molecule has 1 aromatic heterocycles. The number of ketones is 1. The number of aryl methyl sites for hydroxylation is 1. The maximum Gasteiger partial charge on any atom is 0.239 e. The topological polar surface area (TPSA) is 200 Å². The van der Waals surface area contributed by atoms with E-state index in [2.05, 4.69) is 40.1 Å². The molecule has 4 amide bonds. The minimum absolute atomic E-state index is 0.00114. The van der Waals surface area contributed by atoms with Crippen molar-refractivity contribution in [1.29, 1.82) is 0 Å². The number of nitrogens with zero attached hydrogens (tertiary/aromatic N) is 4. The van der Waals surface area contributed by atoms with Gasteiger partial charge in [-0.15, -0.1) is 5.10 Å². The molecular weight excluding hydrogens is 716 g/mol. The summed E-state index contributed by atoms with van der Waals surface area (Å²) in [4.78, 5) is 64.8. The lowest BCUT2D eigenvalue weighted by atomic mass is 9.95. The highest BCUT2D eigenvalue weighted by Crippen LogP contribution is 2.41. The molecule has 0 saturated heterocycles. The molecule has 304 valence electrons. The lowest BCUT2D eigenvalue weighted by molar-refractivity contribution is -0.128. The van der Waals surface area contributed by atoms with Gasteiger partial charge in [0.25, 0.3) is 0 Å². The number of aromatic nitrogens is 3. The van der Waals surface area contributed by atoms with Crippen LogP contribution in [0.2, 0.25) is 0 Å². The van der Waals surface area contributed by atoms with Gasteiger partial charge in [0.05, 0.1) is 44.4 Å². The molecule has 3 aromatic rings. The van der Waals surface area contributed by atoms with Crippen molar-refractivity contribution < 1.29 is 33.4 Å². The molecule has 15 nitrogen and oxygen atoms in total. The van der Waals surface area contributed by atoms with Crippen LogP contribution in [0.4, 0.5) is 5.69 Å². The third-order valence-electron chi connectivity index (χ3n) is 9.44. The van der Waals surface area contributed by atoms with Gasteiger partial charge in [-0.1, -0.05) is 68.4 Å². The normalized spacial score (nSPS) is 12.5. The van der Waals surface area contributed by atoms with E-state index < -0.39 is 11.9 Å². The summed E-state index contributed by atoms with van der Waals surface area (Å²) in [5.41, 5.74) is 10.3. The number of carbonyl (C=O) groups is 5. The molecule has 0 saturated carbocycles. The Morgan fingerprint density at radius 3 is 2.30 bits per heavy atom. The third-order valence-corrected chi connectivity index (χ3v) is 9.44. The summed E-state index contributed by atoms with van der Waals surface area (Å²) in [6.07, 6.45) is 3.08. The number of hydrogen-bond donors (Lipinski definition) is 4. The monoisotopic (exact) mass is 774 g/mol. The number of nitrogens with two attached hydrogens (primary N) is 1. The lowest BCUT2D eigenvalue weighted by Gasteiger charge is -2.28. The van der Waals surface area contributed by atoms with Crippen LogP contribution in [0.1, 0.15) is 84.1 Å². The Bertz CT molecular complexity index is 1760. The predicted octanol–water partition coefficient (Wildman–Crippen LogP) is 3.68. The zero-order valence-corrected chi connectivity index (χ0v) is 33.0. The van der Waals surface area contributed by atoms with E-state index in [0.29, 0.717) is 89.7 Å². The molecule has 0 radical (unpaired) electrons. The van der Waals surface area contributed by atoms with Crippen LogP contribution in [0.3, 0.4) is 0 Å². The molecule has 0 fully saturated rings. The fourth-order valence-corrected chi connectivity index (χ4v) is 6.40. The predicted molar refractivity (Wildman–Crippen MR) is 213 cm³/mol. The van der Waals surface area contributed by atoms with Crippen LogP contribution in [-0.4, -0.2) is 96.0 Å². The van der Waals surface area contributed by atoms with E-state index in [-0.39, 0.29) is 49.4 Å². The van der Waals surface area contributed by atoms with Crippen molar-refractivity contribution in [2.24, 2.45) is 5.73 Å². The Kier molecular flexibility index (Phi) is 18.1. The van der Waals surface area contributed by atoms with E-state index in [4.69, 9.17) is 15.2 Å². The van der Waals surface area contributed by atoms with Crippen molar-refractivity contribution in [1.82, 2.24) is 30.9 Å². The van der Waals surface area contributed by atoms with E-state index in [1.807, 2.05) is 60.1 Å². The van der Waals surface area contributed by atoms with E-state index >= 15 is 0 Å². The van der Waals surface area contributed by atoms with Crippen molar-refractivity contribution >= 4 is 35.1 Å². The smallest absolute Gasteiger partial charge is 0.239 e. The highest BCUT2D eigenvalue weighted by Gasteiger charge is 2.29. The maximum absolute atomic E-state index is 13.9. The summed E-state index contributed by atoms with van der Waals surface area (Å²) in [6, 6.07) is 15.0. The number of nitrogens with one attached hydrogen (secondary N) is 3. The number of ether oxygens (including phenoxy) is 2. The first-order valence-corrected chi connectivity index (χ1v) is 19.8. The van der Waals surface area contributed by atoms with Gasteiger partial charge in [-0.25, -0.2) is 4.68 Å². The number of hydrogen-bond acceptors (Lipinski definition) is 10. The van der Waals surface area contributed by atoms with Gasteiger partial charge in [0.1, 0.15) is 17.5 Å². The number of anilines is 1. The second-order valence-electron chi connectivity index (χ2n) is 14.1. The van der Waals surface area contributed by atoms with Crippen molar-refractivity contribution in [3.05, 3.63) is 54.1 Å². The van der Waals surface area contributed by atoms with Crippen LogP contribution in [-0.2, 0) is 46.5 Å². The number of unbranched alkanes of at least 4 members (excludes halogenated alkanes) is 1. The van der Waals surface area contributed by atoms with Crippen LogP contribution < -0.4 is 26.6 Å². The van der Waals surface area contributed by atoms with Gasteiger partial charge in [-0.05, 0) is 37.3 Å². The van der Waals surface area contributed by atoms with Crippen molar-refractivity contribution in [3.63, 3.8) is 0 Å². The summed E-state index contributed by atoms with van der Waals surface area (Å²) in [7, 11) is 0. The fraction of sp³-hybridized carbons (Fsp3) is 0.537. The van der Waals surface area contributed by atoms with Gasteiger partial charge < -0.3 is 36.1 Å². The van der Waals surface area contributed by atoms with Gasteiger partial charge in [-0.2, -0.15) is 0 Å². The number of Topliss-reactive ketones (excluding diaryl/α,β-unsaturated/α-hetero) is 1. The van der Waals surface area contributed by atoms with Crippen LogP contribution in [0.15, 0.2) is 48.5 Å². The standard InChI is InChI=1S/C41H58N8O7/c1-4-31(50)13-11-23-49-40-33-15-7-8-17-35(33)48(28-30-12-5-6-14-32(30)39(40)46-47-49)38(53)19-18-36(51)44-21-10-9-16-34(41(42)54)45-37(52)20-24-55-26-27-56-25-22-43-29(2)3/h5-8,12,14-15,17,29,34,43H,4,9-11,13,16,18-28H2,1-3H3,(H2,42,54)(H,44,51)(H,45,52)/t34-/m0/s1. The van der Waals surface area contributed by atoms with Gasteiger partial charge in [0.2, 0.25) is 23.6 Å². The molecule has 15 heteroatoms. The number of fused-ring (bicyclic) bond motifs is 5. The first-order valence-electron chi connectivity index (χ1n) is 19.8. The molecule has 1 aliphatic heterocycles. The minimum atomic E-state index is -0.825. The zero-order valence-electron chi connectivity index (χ0n) is 33.0. The molecule has 1 atom stereocenters. The highest BCUT2D eigenvalue weighted by molar-refractivity contribution is 6.01. The molecule has 0 spiro atoms. The Morgan fingerprint density at radius 2 is 1.55 bits per heavy atom. The fourth-order valence-electron chi connectivity index (χ4n) is 6.40. The van der Waals surface area contributed by atoms with E-state index in [1.165, 1.54) is 0 Å². The molecule has 5 N–H and O–H groups in total. The Labute approximate surface area is 329 Å². The third kappa shape index (κ3) is 13.6. The summed E-state index contributed by atoms with van der Waals surface area (Å²) < 4.78 is 12.7. The largest absolute Gasteiger partial charge is 0.379 e. The van der Waals surface area contributed by atoms with Crippen LogP contribution >= 0.6 is 0 Å². The molecule has 0 aliphatic carbocycles. The summed E-state index contributed by atoms with van der Waals surface area (Å²) in [6.45, 7) is 9.46. The zero-order chi connectivity index (χ0) is 40.3. The van der Waals surface area contributed by atoms with Gasteiger partial charge in [-0.3, -0.25) is 24.0 Å². The first-order chi connectivity index (χ1) is 27.1. The Hall–Kier alpha value is -4.99.